The predicted molar refractivity (Wildman–Crippen MR) is 82.1 cm³/mol. The summed E-state index contributed by atoms with van der Waals surface area (Å²) in [4.78, 5) is 12.9. The maximum atomic E-state index is 11.4. The number of H-pyrrole nitrogens is 1. The first-order valence-corrected chi connectivity index (χ1v) is 7.37. The van der Waals surface area contributed by atoms with Crippen LogP contribution in [0.15, 0.2) is 52.3 Å². The molecule has 22 heavy (non-hydrogen) atoms. The third-order valence-corrected chi connectivity index (χ3v) is 4.17. The van der Waals surface area contributed by atoms with Gasteiger partial charge in [0.25, 0.3) is 0 Å². The fourth-order valence-electron chi connectivity index (χ4n) is 1.84. The van der Waals surface area contributed by atoms with Crippen LogP contribution in [0.3, 0.4) is 0 Å². The van der Waals surface area contributed by atoms with Gasteiger partial charge in [0.05, 0.1) is 5.56 Å². The molecule has 0 unspecified atom stereocenters. The molecule has 8 heteroatoms. The van der Waals surface area contributed by atoms with Crippen molar-refractivity contribution in [3.8, 4) is 11.4 Å². The first-order chi connectivity index (χ1) is 10.6. The summed E-state index contributed by atoms with van der Waals surface area (Å²) in [7, 11) is 0. The van der Waals surface area contributed by atoms with E-state index < -0.39 is 5.97 Å². The summed E-state index contributed by atoms with van der Waals surface area (Å²) in [5, 5.41) is 23.6. The highest BCUT2D eigenvalue weighted by Crippen LogP contribution is 2.33. The number of halogens is 1. The van der Waals surface area contributed by atoms with Gasteiger partial charge >= 0.3 is 5.97 Å². The van der Waals surface area contributed by atoms with E-state index in [-0.39, 0.29) is 5.56 Å². The van der Waals surface area contributed by atoms with Gasteiger partial charge in [-0.1, -0.05) is 29.4 Å². The molecule has 0 fully saturated rings. The molecule has 2 N–H and O–H groups in total. The smallest absolute Gasteiger partial charge is 0.336 e. The Labute approximate surface area is 134 Å². The van der Waals surface area contributed by atoms with Gasteiger partial charge in [-0.2, -0.15) is 5.21 Å². The lowest BCUT2D eigenvalue weighted by Gasteiger charge is -2.07. The number of carbonyl (C=O) groups is 1. The molecule has 3 rings (SSSR count). The molecular weight excluding hydrogens is 324 g/mol. The molecule has 0 amide bonds. The van der Waals surface area contributed by atoms with Gasteiger partial charge in [-0.05, 0) is 41.6 Å². The predicted octanol–water partition coefficient (Wildman–Crippen LogP) is 3.37. The minimum absolute atomic E-state index is 0.215. The van der Waals surface area contributed by atoms with E-state index in [1.165, 1.54) is 17.8 Å². The molecule has 2 aromatic carbocycles. The van der Waals surface area contributed by atoms with E-state index in [0.29, 0.717) is 21.3 Å². The number of aromatic carboxylic acids is 1. The van der Waals surface area contributed by atoms with Crippen LogP contribution in [0.1, 0.15) is 10.4 Å². The van der Waals surface area contributed by atoms with Gasteiger partial charge in [-0.3, -0.25) is 0 Å². The number of carboxylic acids is 1. The molecule has 0 aliphatic rings. The molecule has 1 aromatic heterocycles. The number of nitrogens with zero attached hydrogens (tertiary/aromatic N) is 3. The number of aromatic nitrogens is 4. The van der Waals surface area contributed by atoms with E-state index in [9.17, 15) is 9.90 Å². The van der Waals surface area contributed by atoms with E-state index in [1.807, 2.05) is 12.1 Å². The Morgan fingerprint density at radius 1 is 1.18 bits per heavy atom. The van der Waals surface area contributed by atoms with Gasteiger partial charge < -0.3 is 5.11 Å². The Balaban J connectivity index is 2.01. The number of benzene rings is 2. The van der Waals surface area contributed by atoms with Crippen LogP contribution in [0, 0.1) is 0 Å². The van der Waals surface area contributed by atoms with Crippen molar-refractivity contribution in [3.63, 3.8) is 0 Å². The minimum atomic E-state index is -0.990. The zero-order valence-corrected chi connectivity index (χ0v) is 12.6. The second-order valence-corrected chi connectivity index (χ2v) is 5.86. The SMILES string of the molecule is O=C(O)c1ccc(-c2nn[nH]n2)cc1Sc1ccc(Cl)cc1. The number of hydrogen-bond donors (Lipinski definition) is 2. The van der Waals surface area contributed by atoms with Crippen LogP contribution in [0.4, 0.5) is 0 Å². The molecule has 3 aromatic rings. The highest BCUT2D eigenvalue weighted by molar-refractivity contribution is 7.99. The van der Waals surface area contributed by atoms with Gasteiger partial charge in [-0.15, -0.1) is 10.2 Å². The zero-order chi connectivity index (χ0) is 15.5. The van der Waals surface area contributed by atoms with Gasteiger partial charge in [0, 0.05) is 20.4 Å². The highest BCUT2D eigenvalue weighted by Gasteiger charge is 2.14. The third kappa shape index (κ3) is 3.10. The normalized spacial score (nSPS) is 10.6. The maximum Gasteiger partial charge on any atom is 0.336 e. The van der Waals surface area contributed by atoms with Crippen molar-refractivity contribution in [2.75, 3.05) is 0 Å². The second kappa shape index (κ2) is 6.17. The Morgan fingerprint density at radius 2 is 1.95 bits per heavy atom. The molecule has 0 atom stereocenters. The number of rotatable bonds is 4. The molecule has 6 nitrogen and oxygen atoms in total. The molecule has 0 saturated heterocycles. The molecule has 0 spiro atoms. The summed E-state index contributed by atoms with van der Waals surface area (Å²) in [6.45, 7) is 0. The van der Waals surface area contributed by atoms with Crippen LogP contribution >= 0.6 is 23.4 Å². The largest absolute Gasteiger partial charge is 0.478 e. The summed E-state index contributed by atoms with van der Waals surface area (Å²) in [6.07, 6.45) is 0. The number of carboxylic acid groups (broad SMARTS) is 1. The fraction of sp³-hybridized carbons (Fsp3) is 0. The second-order valence-electron chi connectivity index (χ2n) is 4.31. The Kier molecular flexibility index (Phi) is 4.08. The lowest BCUT2D eigenvalue weighted by molar-refractivity contribution is 0.0693. The van der Waals surface area contributed by atoms with Gasteiger partial charge in [0.1, 0.15) is 0 Å². The standard InChI is InChI=1S/C14H9ClN4O2S/c15-9-2-4-10(5-3-9)22-12-7-8(13-16-18-19-17-13)1-6-11(12)14(20)21/h1-7H,(H,20,21)(H,16,17,18,19). The quantitative estimate of drug-likeness (QED) is 0.761. The minimum Gasteiger partial charge on any atom is -0.478 e. The van der Waals surface area contributed by atoms with E-state index >= 15 is 0 Å². The van der Waals surface area contributed by atoms with Crippen molar-refractivity contribution >= 4 is 29.3 Å². The highest BCUT2D eigenvalue weighted by atomic mass is 35.5. The summed E-state index contributed by atoms with van der Waals surface area (Å²) < 4.78 is 0. The maximum absolute atomic E-state index is 11.4. The number of hydrogen-bond acceptors (Lipinski definition) is 5. The monoisotopic (exact) mass is 332 g/mol. The first kappa shape index (κ1) is 14.6. The average molecular weight is 333 g/mol. The van der Waals surface area contributed by atoms with Crippen molar-refractivity contribution in [1.29, 1.82) is 0 Å². The van der Waals surface area contributed by atoms with Crippen molar-refractivity contribution in [2.45, 2.75) is 9.79 Å². The first-order valence-electron chi connectivity index (χ1n) is 6.18. The van der Waals surface area contributed by atoms with Crippen LogP contribution in [-0.4, -0.2) is 31.7 Å². The molecule has 0 bridgehead atoms. The molecule has 1 heterocycles. The Morgan fingerprint density at radius 3 is 2.59 bits per heavy atom. The molecular formula is C14H9ClN4O2S. The summed E-state index contributed by atoms with van der Waals surface area (Å²) in [5.41, 5.74) is 0.905. The zero-order valence-electron chi connectivity index (χ0n) is 11.0. The molecule has 0 aliphatic heterocycles. The van der Waals surface area contributed by atoms with Crippen LogP contribution in [0.5, 0.6) is 0 Å². The topological polar surface area (TPSA) is 91.8 Å². The number of aromatic amines is 1. The van der Waals surface area contributed by atoms with Gasteiger partial charge in [-0.25, -0.2) is 4.79 Å². The lowest BCUT2D eigenvalue weighted by atomic mass is 10.1. The van der Waals surface area contributed by atoms with Crippen LogP contribution in [0.2, 0.25) is 5.02 Å². The number of tetrazole rings is 1. The van der Waals surface area contributed by atoms with Crippen molar-refractivity contribution in [2.24, 2.45) is 0 Å². The summed E-state index contributed by atoms with van der Waals surface area (Å²) in [5.74, 6) is -0.578. The van der Waals surface area contributed by atoms with Crippen LogP contribution < -0.4 is 0 Å². The van der Waals surface area contributed by atoms with E-state index in [2.05, 4.69) is 20.6 Å². The van der Waals surface area contributed by atoms with E-state index in [0.717, 1.165) is 4.90 Å². The van der Waals surface area contributed by atoms with E-state index in [1.54, 1.807) is 24.3 Å². The lowest BCUT2D eigenvalue weighted by Crippen LogP contribution is -1.99. The molecule has 0 aliphatic carbocycles. The molecule has 0 saturated carbocycles. The van der Waals surface area contributed by atoms with Gasteiger partial charge in [0.15, 0.2) is 0 Å². The number of nitrogens with one attached hydrogen (secondary N) is 1. The van der Waals surface area contributed by atoms with Crippen molar-refractivity contribution < 1.29 is 9.90 Å². The Bertz CT molecular complexity index is 806. The van der Waals surface area contributed by atoms with Gasteiger partial charge in [0.2, 0.25) is 5.82 Å². The van der Waals surface area contributed by atoms with Crippen molar-refractivity contribution in [3.05, 3.63) is 53.1 Å². The average Bonchev–Trinajstić information content (AvgIpc) is 3.03. The van der Waals surface area contributed by atoms with Crippen LogP contribution in [0.25, 0.3) is 11.4 Å². The summed E-state index contributed by atoms with van der Waals surface area (Å²) >= 11 is 7.20. The molecule has 110 valence electrons. The molecule has 0 radical (unpaired) electrons. The van der Waals surface area contributed by atoms with E-state index in [4.69, 9.17) is 11.6 Å². The van der Waals surface area contributed by atoms with Crippen molar-refractivity contribution in [1.82, 2.24) is 20.6 Å². The third-order valence-electron chi connectivity index (χ3n) is 2.86. The van der Waals surface area contributed by atoms with Crippen LogP contribution in [-0.2, 0) is 0 Å². The summed E-state index contributed by atoms with van der Waals surface area (Å²) in [6, 6.07) is 12.1. The fourth-order valence-corrected chi connectivity index (χ4v) is 2.94. The Hall–Kier alpha value is -2.38.